The average Bonchev–Trinajstić information content (AvgIpc) is 2.26. The maximum Gasteiger partial charge on any atom is 0.397 e. The molecule has 0 bridgehead atoms. The summed E-state index contributed by atoms with van der Waals surface area (Å²) in [6.07, 6.45) is 1.73. The maximum atomic E-state index is 9.37. The lowest BCUT2D eigenvalue weighted by molar-refractivity contribution is 0.363. The van der Waals surface area contributed by atoms with Crippen molar-refractivity contribution in [1.82, 2.24) is 0 Å². The zero-order valence-corrected chi connectivity index (χ0v) is 10.8. The number of para-hydroxylation sites is 1. The van der Waals surface area contributed by atoms with Crippen LogP contribution in [0.4, 0.5) is 0 Å². The molecule has 0 atom stereocenters. The molecule has 102 valence electrons. The van der Waals surface area contributed by atoms with Gasteiger partial charge in [0.05, 0.1) is 0 Å². The van der Waals surface area contributed by atoms with Crippen LogP contribution >= 0.6 is 0 Å². The molecule has 0 saturated carbocycles. The Hall–Kier alpha value is -1.42. The summed E-state index contributed by atoms with van der Waals surface area (Å²) in [6, 6.07) is 9.69. The van der Waals surface area contributed by atoms with E-state index >= 15 is 0 Å². The Morgan fingerprint density at radius 3 is 1.83 bits per heavy atom. The van der Waals surface area contributed by atoms with Crippen molar-refractivity contribution >= 4 is 18.3 Å². The van der Waals surface area contributed by atoms with Crippen LogP contribution in [0.3, 0.4) is 0 Å². The van der Waals surface area contributed by atoms with Gasteiger partial charge in [-0.2, -0.15) is 16.8 Å². The van der Waals surface area contributed by atoms with E-state index in [2.05, 4.69) is 6.58 Å². The molecule has 9 heteroatoms. The second-order valence-corrected chi connectivity index (χ2v) is 7.01. The second kappa shape index (κ2) is 7.11. The largest absolute Gasteiger partial charge is 0.490 e. The molecule has 1 rings (SSSR count). The molecule has 0 aliphatic heterocycles. The molecule has 0 heterocycles. The van der Waals surface area contributed by atoms with Crippen LogP contribution in [0.15, 0.2) is 43.0 Å². The lowest BCUT2D eigenvalue weighted by Gasteiger charge is -1.99. The SMILES string of the molecule is C=CCOc1ccccc1.O=S(=O)(O)S(=O)(=O)O. The zero-order valence-electron chi connectivity index (χ0n) is 9.13. The monoisotopic (exact) mass is 296 g/mol. The minimum Gasteiger partial charge on any atom is -0.490 e. The molecule has 0 unspecified atom stereocenters. The highest BCUT2D eigenvalue weighted by Crippen LogP contribution is 2.07. The highest BCUT2D eigenvalue weighted by molar-refractivity contribution is 8.62. The summed E-state index contributed by atoms with van der Waals surface area (Å²) in [5.41, 5.74) is 0. The number of hydrogen-bond donors (Lipinski definition) is 2. The highest BCUT2D eigenvalue weighted by Gasteiger charge is 2.22. The molecular formula is C9H12O7S2. The number of benzene rings is 1. The summed E-state index contributed by atoms with van der Waals surface area (Å²) in [7, 11) is -10.6. The maximum absolute atomic E-state index is 9.37. The number of ether oxygens (including phenoxy) is 1. The standard InChI is InChI=1S/C9H10O.H2O6S2/c1-2-8-10-9-6-4-3-5-7-9;1-7(2,3)8(4,5)6/h2-7H,1,8H2;(H,1,2,3)(H,4,5,6). The van der Waals surface area contributed by atoms with Crippen molar-refractivity contribution in [2.75, 3.05) is 6.61 Å². The van der Waals surface area contributed by atoms with Gasteiger partial charge in [0.1, 0.15) is 12.4 Å². The average molecular weight is 296 g/mol. The van der Waals surface area contributed by atoms with E-state index in [1.165, 1.54) is 0 Å². The fraction of sp³-hybridized carbons (Fsp3) is 0.111. The van der Waals surface area contributed by atoms with E-state index in [0.29, 0.717) is 6.61 Å². The topological polar surface area (TPSA) is 118 Å². The lowest BCUT2D eigenvalue weighted by atomic mass is 10.3. The molecule has 1 aromatic rings. The van der Waals surface area contributed by atoms with Crippen LogP contribution in [0.1, 0.15) is 0 Å². The van der Waals surface area contributed by atoms with Gasteiger partial charge in [-0.05, 0) is 12.1 Å². The smallest absolute Gasteiger partial charge is 0.397 e. The molecule has 7 nitrogen and oxygen atoms in total. The summed E-state index contributed by atoms with van der Waals surface area (Å²) in [5.74, 6) is 0.891. The summed E-state index contributed by atoms with van der Waals surface area (Å²) in [5, 5.41) is 0. The number of rotatable bonds is 4. The third-order valence-electron chi connectivity index (χ3n) is 1.38. The molecule has 1 aromatic carbocycles. The van der Waals surface area contributed by atoms with Crippen molar-refractivity contribution < 1.29 is 30.7 Å². The quantitative estimate of drug-likeness (QED) is 0.482. The van der Waals surface area contributed by atoms with Gasteiger partial charge in [-0.25, -0.2) is 0 Å². The van der Waals surface area contributed by atoms with Crippen LogP contribution in [0, 0.1) is 0 Å². The van der Waals surface area contributed by atoms with Crippen LogP contribution in [0.5, 0.6) is 5.75 Å². The normalized spacial score (nSPS) is 11.0. The Balaban J connectivity index is 0.000000331. The van der Waals surface area contributed by atoms with Crippen molar-refractivity contribution in [3.05, 3.63) is 43.0 Å². The molecule has 0 saturated heterocycles. The van der Waals surface area contributed by atoms with Gasteiger partial charge in [0.15, 0.2) is 0 Å². The minimum absolute atomic E-state index is 0.573. The predicted molar refractivity (Wildman–Crippen MR) is 65.2 cm³/mol. The van der Waals surface area contributed by atoms with Gasteiger partial charge in [-0.1, -0.05) is 30.9 Å². The molecule has 0 aromatic heterocycles. The van der Waals surface area contributed by atoms with Crippen LogP contribution < -0.4 is 4.74 Å². The van der Waals surface area contributed by atoms with Crippen LogP contribution in [0.25, 0.3) is 0 Å². The Morgan fingerprint density at radius 2 is 1.50 bits per heavy atom. The molecule has 0 spiro atoms. The summed E-state index contributed by atoms with van der Waals surface area (Å²) in [4.78, 5) is 0. The molecule has 18 heavy (non-hydrogen) atoms. The number of hydrogen-bond acceptors (Lipinski definition) is 5. The minimum atomic E-state index is -5.31. The molecule has 0 aliphatic rings. The summed E-state index contributed by atoms with van der Waals surface area (Å²) >= 11 is 0. The Kier molecular flexibility index (Phi) is 6.55. The molecule has 0 fully saturated rings. The molecule has 0 aliphatic carbocycles. The zero-order chi connectivity index (χ0) is 14.2. The first-order valence-electron chi connectivity index (χ1n) is 4.42. The summed E-state index contributed by atoms with van der Waals surface area (Å²) in [6.45, 7) is 4.12. The predicted octanol–water partition coefficient (Wildman–Crippen LogP) is 0.928. The third kappa shape index (κ3) is 7.01. The Labute approximate surface area is 105 Å². The van der Waals surface area contributed by atoms with Crippen molar-refractivity contribution in [3.63, 3.8) is 0 Å². The highest BCUT2D eigenvalue weighted by atomic mass is 33.2. The molecule has 2 N–H and O–H groups in total. The van der Waals surface area contributed by atoms with E-state index in [0.717, 1.165) is 5.75 Å². The van der Waals surface area contributed by atoms with Crippen LogP contribution in [-0.2, 0) is 18.3 Å². The van der Waals surface area contributed by atoms with E-state index in [-0.39, 0.29) is 0 Å². The van der Waals surface area contributed by atoms with Crippen LogP contribution in [0.2, 0.25) is 0 Å². The van der Waals surface area contributed by atoms with E-state index in [4.69, 9.17) is 13.8 Å². The second-order valence-electron chi connectivity index (χ2n) is 2.77. The van der Waals surface area contributed by atoms with Crippen molar-refractivity contribution in [1.29, 1.82) is 0 Å². The Bertz CT molecular complexity index is 530. The van der Waals surface area contributed by atoms with Crippen molar-refractivity contribution in [3.8, 4) is 5.75 Å². The molecule has 0 amide bonds. The van der Waals surface area contributed by atoms with Gasteiger partial charge in [-0.15, -0.1) is 0 Å². The first kappa shape index (κ1) is 16.6. The van der Waals surface area contributed by atoms with Gasteiger partial charge in [0.25, 0.3) is 0 Å². The third-order valence-corrected chi connectivity index (χ3v) is 3.51. The first-order chi connectivity index (χ1) is 8.18. The summed E-state index contributed by atoms with van der Waals surface area (Å²) < 4.78 is 57.7. The molecule has 0 radical (unpaired) electrons. The fourth-order valence-corrected chi connectivity index (χ4v) is 0.672. The lowest BCUT2D eigenvalue weighted by Crippen LogP contribution is -2.11. The van der Waals surface area contributed by atoms with Gasteiger partial charge in [0, 0.05) is 0 Å². The van der Waals surface area contributed by atoms with Crippen molar-refractivity contribution in [2.45, 2.75) is 0 Å². The van der Waals surface area contributed by atoms with E-state index in [1.807, 2.05) is 30.3 Å². The van der Waals surface area contributed by atoms with Gasteiger partial charge in [-0.3, -0.25) is 9.11 Å². The van der Waals surface area contributed by atoms with E-state index in [9.17, 15) is 16.8 Å². The first-order valence-corrected chi connectivity index (χ1v) is 7.82. The van der Waals surface area contributed by atoms with Gasteiger partial charge < -0.3 is 4.74 Å². The van der Waals surface area contributed by atoms with Crippen molar-refractivity contribution in [2.24, 2.45) is 0 Å². The van der Waals surface area contributed by atoms with E-state index in [1.54, 1.807) is 6.08 Å². The Morgan fingerprint density at radius 1 is 1.06 bits per heavy atom. The van der Waals surface area contributed by atoms with Gasteiger partial charge in [0.2, 0.25) is 0 Å². The van der Waals surface area contributed by atoms with Gasteiger partial charge >= 0.3 is 18.3 Å². The molecular weight excluding hydrogens is 284 g/mol. The van der Waals surface area contributed by atoms with E-state index < -0.39 is 18.3 Å². The fourth-order valence-electron chi connectivity index (χ4n) is 0.672. The van der Waals surface area contributed by atoms with Crippen LogP contribution in [-0.4, -0.2) is 32.5 Å².